The van der Waals surface area contributed by atoms with E-state index < -0.39 is 53.8 Å². The number of nitrogens with one attached hydrogen (secondary N) is 3. The first-order chi connectivity index (χ1) is 17.6. The highest BCUT2D eigenvalue weighted by molar-refractivity contribution is 6.30. The minimum absolute atomic E-state index is 0.0967. The number of halogens is 3. The van der Waals surface area contributed by atoms with E-state index in [1.165, 1.54) is 4.90 Å². The lowest BCUT2D eigenvalue weighted by Gasteiger charge is -2.54. The molecule has 5 atom stereocenters. The Morgan fingerprint density at radius 1 is 1.27 bits per heavy atom. The minimum atomic E-state index is -3.09. The zero-order valence-corrected chi connectivity index (χ0v) is 21.1. The molecule has 3 aliphatic heterocycles. The van der Waals surface area contributed by atoms with Gasteiger partial charge in [-0.3, -0.25) is 14.4 Å². The molecule has 37 heavy (non-hydrogen) atoms. The van der Waals surface area contributed by atoms with Crippen LogP contribution in [0.5, 0.6) is 0 Å². The topological polar surface area (TPSA) is 114 Å². The number of piperidine rings is 3. The summed E-state index contributed by atoms with van der Waals surface area (Å²) in [6.07, 6.45) is 2.51. The van der Waals surface area contributed by atoms with Crippen LogP contribution >= 0.6 is 11.6 Å². The van der Waals surface area contributed by atoms with Crippen LogP contribution in [0.3, 0.4) is 0 Å². The van der Waals surface area contributed by atoms with Gasteiger partial charge in [-0.15, -0.1) is 0 Å². The molecule has 3 heterocycles. The van der Waals surface area contributed by atoms with Crippen LogP contribution in [0, 0.1) is 23.2 Å². The molecule has 6 rings (SSSR count). The second kappa shape index (κ2) is 9.75. The maximum atomic E-state index is 15.0. The minimum Gasteiger partial charge on any atom is -0.371 e. The van der Waals surface area contributed by atoms with E-state index in [1.807, 2.05) is 6.07 Å². The van der Waals surface area contributed by atoms with Crippen molar-refractivity contribution in [1.82, 2.24) is 15.5 Å². The number of fused-ring (bicyclic) bond motifs is 3. The molecule has 198 valence electrons. The fourth-order valence-electron chi connectivity index (χ4n) is 6.15. The average molecular weight is 534 g/mol. The van der Waals surface area contributed by atoms with Gasteiger partial charge in [0.05, 0.1) is 12.0 Å². The van der Waals surface area contributed by atoms with E-state index in [9.17, 15) is 19.6 Å². The van der Waals surface area contributed by atoms with Crippen LogP contribution in [-0.4, -0.2) is 58.8 Å². The third-order valence-electron chi connectivity index (χ3n) is 8.20. The van der Waals surface area contributed by atoms with Crippen LogP contribution in [0.4, 0.5) is 14.5 Å². The molecule has 1 aromatic carbocycles. The predicted molar refractivity (Wildman–Crippen MR) is 132 cm³/mol. The third kappa shape index (κ3) is 4.98. The number of rotatable bonds is 7. The van der Waals surface area contributed by atoms with Crippen LogP contribution in [0.25, 0.3) is 0 Å². The van der Waals surface area contributed by atoms with Gasteiger partial charge >= 0.3 is 0 Å². The quantitative estimate of drug-likeness (QED) is 0.498. The Morgan fingerprint density at radius 3 is 2.70 bits per heavy atom. The Morgan fingerprint density at radius 2 is 2.05 bits per heavy atom. The van der Waals surface area contributed by atoms with Crippen LogP contribution in [0.1, 0.15) is 51.4 Å². The molecule has 2 saturated carbocycles. The number of benzene rings is 1. The molecular weight excluding hydrogens is 504 g/mol. The van der Waals surface area contributed by atoms with E-state index in [0.717, 1.165) is 6.42 Å². The standard InChI is InChI=1S/C26H30ClF2N5O3/c27-16-4-1-5-17(12-16)33-25(8-9-25)24(37)34-19-6-7-20(26(28,29)13-19)21(34)23(36)32-18(14-30)11-15-3-2-10-31-22(15)35/h1,4-5,12,15,18-21,33H,2-3,6-11,13H2,(H,31,35)(H,32,36)/t15-,18+,19-,20-,21+/m0/s1. The molecule has 2 bridgehead atoms. The number of hydrogen-bond donors (Lipinski definition) is 3. The van der Waals surface area contributed by atoms with Crippen LogP contribution in [0.15, 0.2) is 24.3 Å². The Kier molecular flexibility index (Phi) is 6.77. The smallest absolute Gasteiger partial charge is 0.255 e. The summed E-state index contributed by atoms with van der Waals surface area (Å²) in [5.41, 5.74) is -0.340. The maximum absolute atomic E-state index is 15.0. The molecule has 5 fully saturated rings. The lowest BCUT2D eigenvalue weighted by Crippen LogP contribution is -2.70. The van der Waals surface area contributed by atoms with E-state index >= 15 is 8.78 Å². The van der Waals surface area contributed by atoms with Crippen molar-refractivity contribution in [2.45, 2.75) is 81.0 Å². The van der Waals surface area contributed by atoms with Crippen LogP contribution in [0.2, 0.25) is 5.02 Å². The van der Waals surface area contributed by atoms with Gasteiger partial charge in [0, 0.05) is 35.6 Å². The monoisotopic (exact) mass is 533 g/mol. The molecule has 0 unspecified atom stereocenters. The number of nitriles is 1. The third-order valence-corrected chi connectivity index (χ3v) is 8.43. The van der Waals surface area contributed by atoms with Gasteiger partial charge in [-0.2, -0.15) is 5.26 Å². The van der Waals surface area contributed by atoms with Crippen molar-refractivity contribution in [2.24, 2.45) is 11.8 Å². The number of amides is 3. The Bertz CT molecular complexity index is 1140. The summed E-state index contributed by atoms with van der Waals surface area (Å²) < 4.78 is 30.1. The number of alkyl halides is 2. The highest BCUT2D eigenvalue weighted by Crippen LogP contribution is 2.52. The second-order valence-corrected chi connectivity index (χ2v) is 11.2. The van der Waals surface area contributed by atoms with E-state index in [-0.39, 0.29) is 24.7 Å². The van der Waals surface area contributed by atoms with Crippen molar-refractivity contribution in [3.05, 3.63) is 29.3 Å². The van der Waals surface area contributed by atoms with Crippen molar-refractivity contribution in [2.75, 3.05) is 11.9 Å². The highest BCUT2D eigenvalue weighted by Gasteiger charge is 2.64. The van der Waals surface area contributed by atoms with E-state index in [1.54, 1.807) is 24.3 Å². The molecule has 1 aromatic rings. The molecule has 3 N–H and O–H groups in total. The van der Waals surface area contributed by atoms with E-state index in [4.69, 9.17) is 11.6 Å². The number of anilines is 1. The zero-order valence-electron chi connectivity index (χ0n) is 20.3. The van der Waals surface area contributed by atoms with Crippen LogP contribution < -0.4 is 16.0 Å². The van der Waals surface area contributed by atoms with Crippen molar-refractivity contribution in [1.29, 1.82) is 5.26 Å². The Labute approximate surface area is 219 Å². The summed E-state index contributed by atoms with van der Waals surface area (Å²) in [6.45, 7) is 0.571. The van der Waals surface area contributed by atoms with Gasteiger partial charge in [-0.25, -0.2) is 8.78 Å². The highest BCUT2D eigenvalue weighted by atomic mass is 35.5. The summed E-state index contributed by atoms with van der Waals surface area (Å²) in [4.78, 5) is 40.9. The Balaban J connectivity index is 1.37. The summed E-state index contributed by atoms with van der Waals surface area (Å²) in [5, 5.41) is 18.7. The predicted octanol–water partition coefficient (Wildman–Crippen LogP) is 3.22. The molecule has 3 saturated heterocycles. The summed E-state index contributed by atoms with van der Waals surface area (Å²) in [5.74, 6) is -6.17. The summed E-state index contributed by atoms with van der Waals surface area (Å²) in [7, 11) is 0. The molecular formula is C26H30ClF2N5O3. The Hall–Kier alpha value is -2.93. The van der Waals surface area contributed by atoms with E-state index in [2.05, 4.69) is 16.0 Å². The SMILES string of the molecule is N#C[C@@H](C[C@@H]1CCCNC1=O)NC(=O)[C@H]1[C@@H]2CC[C@@H](CC2(F)F)N1C(=O)C1(Nc2cccc(Cl)c2)CC1. The molecule has 0 spiro atoms. The normalized spacial score (nSPS) is 30.0. The molecule has 3 amide bonds. The van der Waals surface area contributed by atoms with Gasteiger partial charge in [-0.05, 0) is 63.1 Å². The molecule has 0 aromatic heterocycles. The lowest BCUT2D eigenvalue weighted by molar-refractivity contribution is -0.195. The first-order valence-corrected chi connectivity index (χ1v) is 13.2. The van der Waals surface area contributed by atoms with Gasteiger partial charge < -0.3 is 20.9 Å². The first-order valence-electron chi connectivity index (χ1n) is 12.9. The number of carbonyl (C=O) groups is 3. The maximum Gasteiger partial charge on any atom is 0.255 e. The van der Waals surface area contributed by atoms with Gasteiger partial charge in [0.15, 0.2) is 0 Å². The van der Waals surface area contributed by atoms with E-state index in [0.29, 0.717) is 42.9 Å². The number of nitrogens with zero attached hydrogens (tertiary/aromatic N) is 2. The second-order valence-electron chi connectivity index (χ2n) is 10.7. The van der Waals surface area contributed by atoms with Crippen molar-refractivity contribution in [3.63, 3.8) is 0 Å². The number of carbonyl (C=O) groups excluding carboxylic acids is 3. The molecule has 5 aliphatic rings. The molecule has 11 heteroatoms. The molecule has 2 aliphatic carbocycles. The summed E-state index contributed by atoms with van der Waals surface area (Å²) >= 11 is 6.09. The lowest BCUT2D eigenvalue weighted by atomic mass is 9.71. The average Bonchev–Trinajstić information content (AvgIpc) is 3.64. The van der Waals surface area contributed by atoms with Crippen LogP contribution in [-0.2, 0) is 14.4 Å². The largest absolute Gasteiger partial charge is 0.371 e. The van der Waals surface area contributed by atoms with Crippen molar-refractivity contribution < 1.29 is 23.2 Å². The van der Waals surface area contributed by atoms with Gasteiger partial charge in [0.25, 0.3) is 5.92 Å². The zero-order chi connectivity index (χ0) is 26.4. The molecule has 8 nitrogen and oxygen atoms in total. The van der Waals surface area contributed by atoms with Crippen molar-refractivity contribution in [3.8, 4) is 6.07 Å². The van der Waals surface area contributed by atoms with Gasteiger partial charge in [0.1, 0.15) is 17.6 Å². The fourth-order valence-corrected chi connectivity index (χ4v) is 6.34. The fraction of sp³-hybridized carbons (Fsp3) is 0.615. The van der Waals surface area contributed by atoms with Gasteiger partial charge in [0.2, 0.25) is 17.7 Å². The van der Waals surface area contributed by atoms with Gasteiger partial charge in [-0.1, -0.05) is 17.7 Å². The number of hydrogen-bond acceptors (Lipinski definition) is 5. The molecule has 0 radical (unpaired) electrons. The van der Waals surface area contributed by atoms with Crippen molar-refractivity contribution >= 4 is 35.0 Å². The first kappa shape index (κ1) is 25.7. The summed E-state index contributed by atoms with van der Waals surface area (Å²) in [6, 6.07) is 5.75.